The molecule has 5 heteroatoms. The van der Waals surface area contributed by atoms with Crippen molar-refractivity contribution in [1.82, 2.24) is 0 Å². The molecule has 2 aromatic carbocycles. The molecule has 2 aliphatic rings. The molecule has 0 unspecified atom stereocenters. The number of ketones is 1. The predicted molar refractivity (Wildman–Crippen MR) is 95.3 cm³/mol. The Hall–Kier alpha value is -3.08. The largest absolute Gasteiger partial charge is 0.494 e. The van der Waals surface area contributed by atoms with Crippen molar-refractivity contribution in [2.75, 3.05) is 6.61 Å². The van der Waals surface area contributed by atoms with Gasteiger partial charge in [0.1, 0.15) is 17.2 Å². The summed E-state index contributed by atoms with van der Waals surface area (Å²) in [4.78, 5) is 24.5. The van der Waals surface area contributed by atoms with Crippen molar-refractivity contribution in [2.45, 2.75) is 19.8 Å². The minimum absolute atomic E-state index is 0.00122. The standard InChI is InChI=1S/C21H18O5/c1-2-24-15-9-10-16-18(12-15)25-19(20(16)22)11-14-5-3-4-6-17(14)26-21(23)13-7-8-13/h3-6,9-13H,2,7-8H2,1H3/b19-11-. The second-order valence-corrected chi connectivity index (χ2v) is 6.26. The molecule has 0 aromatic heterocycles. The van der Waals surface area contributed by atoms with Gasteiger partial charge in [-0.3, -0.25) is 9.59 Å². The highest BCUT2D eigenvalue weighted by molar-refractivity contribution is 6.14. The molecule has 1 aliphatic carbocycles. The number of ether oxygens (including phenoxy) is 3. The molecule has 0 N–H and O–H groups in total. The summed E-state index contributed by atoms with van der Waals surface area (Å²) in [7, 11) is 0. The van der Waals surface area contributed by atoms with Gasteiger partial charge in [-0.2, -0.15) is 0 Å². The number of allylic oxidation sites excluding steroid dienone is 1. The van der Waals surface area contributed by atoms with Crippen LogP contribution in [0.3, 0.4) is 0 Å². The van der Waals surface area contributed by atoms with Crippen molar-refractivity contribution >= 4 is 17.8 Å². The summed E-state index contributed by atoms with van der Waals surface area (Å²) in [5, 5.41) is 0. The zero-order chi connectivity index (χ0) is 18.1. The van der Waals surface area contributed by atoms with Crippen molar-refractivity contribution in [1.29, 1.82) is 0 Å². The smallest absolute Gasteiger partial charge is 0.314 e. The molecule has 0 bridgehead atoms. The number of para-hydroxylation sites is 1. The van der Waals surface area contributed by atoms with Gasteiger partial charge in [-0.25, -0.2) is 0 Å². The van der Waals surface area contributed by atoms with Gasteiger partial charge in [0, 0.05) is 11.6 Å². The van der Waals surface area contributed by atoms with Crippen LogP contribution < -0.4 is 14.2 Å². The van der Waals surface area contributed by atoms with E-state index in [1.807, 2.05) is 13.0 Å². The van der Waals surface area contributed by atoms with E-state index in [0.717, 1.165) is 12.8 Å². The normalized spacial score (nSPS) is 17.0. The van der Waals surface area contributed by atoms with Crippen LogP contribution in [0, 0.1) is 5.92 Å². The summed E-state index contributed by atoms with van der Waals surface area (Å²) >= 11 is 0. The predicted octanol–water partition coefficient (Wildman–Crippen LogP) is 4.02. The van der Waals surface area contributed by atoms with Crippen LogP contribution in [0.25, 0.3) is 6.08 Å². The van der Waals surface area contributed by atoms with E-state index in [9.17, 15) is 9.59 Å². The third kappa shape index (κ3) is 3.20. The van der Waals surface area contributed by atoms with Gasteiger partial charge in [0.15, 0.2) is 5.76 Å². The summed E-state index contributed by atoms with van der Waals surface area (Å²) in [6.07, 6.45) is 3.36. The molecule has 1 heterocycles. The van der Waals surface area contributed by atoms with Crippen LogP contribution in [0.4, 0.5) is 0 Å². The molecule has 0 amide bonds. The third-order valence-electron chi connectivity index (χ3n) is 4.28. The molecule has 0 atom stereocenters. The van der Waals surface area contributed by atoms with Crippen molar-refractivity contribution < 1.29 is 23.8 Å². The first kappa shape index (κ1) is 16.4. The molecular formula is C21H18O5. The number of hydrogen-bond donors (Lipinski definition) is 0. The maximum Gasteiger partial charge on any atom is 0.314 e. The fourth-order valence-corrected chi connectivity index (χ4v) is 2.77. The van der Waals surface area contributed by atoms with E-state index < -0.39 is 0 Å². The lowest BCUT2D eigenvalue weighted by Crippen LogP contribution is -2.10. The molecule has 132 valence electrons. The van der Waals surface area contributed by atoms with Gasteiger partial charge in [-0.1, -0.05) is 18.2 Å². The molecule has 0 radical (unpaired) electrons. The quantitative estimate of drug-likeness (QED) is 0.463. The van der Waals surface area contributed by atoms with Crippen LogP contribution in [0.2, 0.25) is 0 Å². The maximum absolute atomic E-state index is 12.6. The van der Waals surface area contributed by atoms with Crippen molar-refractivity contribution in [3.05, 3.63) is 59.4 Å². The van der Waals surface area contributed by atoms with Crippen LogP contribution in [0.15, 0.2) is 48.2 Å². The number of carbonyl (C=O) groups excluding carboxylic acids is 2. The van der Waals surface area contributed by atoms with E-state index in [1.54, 1.807) is 42.5 Å². The molecule has 2 aromatic rings. The number of carbonyl (C=O) groups is 2. The van der Waals surface area contributed by atoms with Crippen LogP contribution in [-0.4, -0.2) is 18.4 Å². The van der Waals surface area contributed by atoms with Crippen LogP contribution >= 0.6 is 0 Å². The van der Waals surface area contributed by atoms with Gasteiger partial charge in [0.2, 0.25) is 5.78 Å². The topological polar surface area (TPSA) is 61.8 Å². The summed E-state index contributed by atoms with van der Waals surface area (Å²) in [5.41, 5.74) is 1.12. The Balaban J connectivity index is 1.61. The highest BCUT2D eigenvalue weighted by Crippen LogP contribution is 2.36. The molecule has 4 rings (SSSR count). The van der Waals surface area contributed by atoms with Gasteiger partial charge in [0.05, 0.1) is 18.1 Å². The van der Waals surface area contributed by atoms with Gasteiger partial charge >= 0.3 is 5.97 Å². The Kier molecular flexibility index (Phi) is 4.21. The fourth-order valence-electron chi connectivity index (χ4n) is 2.77. The zero-order valence-electron chi connectivity index (χ0n) is 14.4. The second kappa shape index (κ2) is 6.67. The minimum atomic E-state index is -0.223. The average molecular weight is 350 g/mol. The number of hydrogen-bond acceptors (Lipinski definition) is 5. The van der Waals surface area contributed by atoms with E-state index in [1.165, 1.54) is 0 Å². The van der Waals surface area contributed by atoms with Crippen molar-refractivity contribution in [2.24, 2.45) is 5.92 Å². The van der Waals surface area contributed by atoms with E-state index in [2.05, 4.69) is 0 Å². The summed E-state index contributed by atoms with van der Waals surface area (Å²) in [6, 6.07) is 12.3. The zero-order valence-corrected chi connectivity index (χ0v) is 14.4. The van der Waals surface area contributed by atoms with Gasteiger partial charge in [0.25, 0.3) is 0 Å². The molecule has 0 saturated heterocycles. The highest BCUT2D eigenvalue weighted by atomic mass is 16.5. The number of Topliss-reactive ketones (excluding diaryl/α,β-unsaturated/α-hetero) is 1. The van der Waals surface area contributed by atoms with Gasteiger partial charge in [-0.15, -0.1) is 0 Å². The van der Waals surface area contributed by atoms with Crippen LogP contribution in [-0.2, 0) is 4.79 Å². The van der Waals surface area contributed by atoms with Crippen LogP contribution in [0.5, 0.6) is 17.2 Å². The first-order valence-electron chi connectivity index (χ1n) is 8.67. The maximum atomic E-state index is 12.6. The van der Waals surface area contributed by atoms with E-state index in [-0.39, 0.29) is 23.4 Å². The Labute approximate surface area is 151 Å². The van der Waals surface area contributed by atoms with E-state index in [4.69, 9.17) is 14.2 Å². The lowest BCUT2D eigenvalue weighted by atomic mass is 10.1. The number of esters is 1. The summed E-state index contributed by atoms with van der Waals surface area (Å²) in [5.74, 6) is 1.33. The highest BCUT2D eigenvalue weighted by Gasteiger charge is 2.32. The summed E-state index contributed by atoms with van der Waals surface area (Å²) < 4.78 is 16.6. The molecule has 5 nitrogen and oxygen atoms in total. The number of rotatable bonds is 5. The molecule has 1 fully saturated rings. The van der Waals surface area contributed by atoms with E-state index in [0.29, 0.717) is 35.0 Å². The lowest BCUT2D eigenvalue weighted by Gasteiger charge is -2.07. The SMILES string of the molecule is CCOc1ccc2c(c1)O/C(=C\c1ccccc1OC(=O)C1CC1)C2=O. The molecule has 1 saturated carbocycles. The first-order chi connectivity index (χ1) is 12.7. The Morgan fingerprint density at radius 2 is 2.04 bits per heavy atom. The van der Waals surface area contributed by atoms with Crippen molar-refractivity contribution in [3.63, 3.8) is 0 Å². The second-order valence-electron chi connectivity index (χ2n) is 6.26. The lowest BCUT2D eigenvalue weighted by molar-refractivity contribution is -0.135. The van der Waals surface area contributed by atoms with E-state index >= 15 is 0 Å². The fraction of sp³-hybridized carbons (Fsp3) is 0.238. The number of benzene rings is 2. The Bertz CT molecular complexity index is 908. The third-order valence-corrected chi connectivity index (χ3v) is 4.28. The average Bonchev–Trinajstić information content (AvgIpc) is 3.44. The molecule has 0 spiro atoms. The molecular weight excluding hydrogens is 332 g/mol. The van der Waals surface area contributed by atoms with Crippen molar-refractivity contribution in [3.8, 4) is 17.2 Å². The Morgan fingerprint density at radius 3 is 2.81 bits per heavy atom. The van der Waals surface area contributed by atoms with Gasteiger partial charge in [-0.05, 0) is 44.0 Å². The number of fused-ring (bicyclic) bond motifs is 1. The first-order valence-corrected chi connectivity index (χ1v) is 8.67. The molecule has 26 heavy (non-hydrogen) atoms. The summed E-state index contributed by atoms with van der Waals surface area (Å²) in [6.45, 7) is 2.43. The Morgan fingerprint density at radius 1 is 1.23 bits per heavy atom. The minimum Gasteiger partial charge on any atom is -0.494 e. The monoisotopic (exact) mass is 350 g/mol. The van der Waals surface area contributed by atoms with Crippen LogP contribution in [0.1, 0.15) is 35.7 Å². The van der Waals surface area contributed by atoms with Gasteiger partial charge < -0.3 is 14.2 Å². The molecule has 1 aliphatic heterocycles.